The van der Waals surface area contributed by atoms with Crippen molar-refractivity contribution >= 4 is 34.3 Å². The molecule has 1 amide bonds. The van der Waals surface area contributed by atoms with Crippen molar-refractivity contribution in [3.05, 3.63) is 114 Å². The molecule has 0 aliphatic carbocycles. The van der Waals surface area contributed by atoms with E-state index in [1.165, 1.54) is 18.2 Å². The van der Waals surface area contributed by atoms with E-state index in [4.69, 9.17) is 9.79 Å². The number of alkyl halides is 2. The monoisotopic (exact) mass is 616 g/mol. The highest BCUT2D eigenvalue weighted by molar-refractivity contribution is 7.89. The van der Waals surface area contributed by atoms with Crippen LogP contribution in [0.5, 0.6) is 0 Å². The minimum absolute atomic E-state index is 0.0158. The zero-order valence-electron chi connectivity index (χ0n) is 22.5. The van der Waals surface area contributed by atoms with Crippen LogP contribution in [0.25, 0.3) is 10.8 Å². The van der Waals surface area contributed by atoms with Crippen LogP contribution in [0.3, 0.4) is 0 Å². The number of amides is 1. The van der Waals surface area contributed by atoms with Gasteiger partial charge in [-0.3, -0.25) is 9.36 Å². The molecule has 4 rings (SSSR count). The van der Waals surface area contributed by atoms with E-state index in [2.05, 4.69) is 10.0 Å². The first-order valence-electron chi connectivity index (χ1n) is 13.2. The molecule has 0 saturated carbocycles. The highest BCUT2D eigenvalue weighted by atomic mass is 32.2. The summed E-state index contributed by atoms with van der Waals surface area (Å²) in [7, 11) is -9.97. The third-order valence-electron chi connectivity index (χ3n) is 6.79. The molecule has 4 N–H and O–H groups in total. The maximum atomic E-state index is 14.1. The normalized spacial score (nSPS) is 13.1. The van der Waals surface area contributed by atoms with Gasteiger partial charge in [0, 0.05) is 17.5 Å². The first-order chi connectivity index (χ1) is 19.9. The Morgan fingerprint density at radius 2 is 1.48 bits per heavy atom. The third-order valence-corrected chi connectivity index (χ3v) is 9.31. The summed E-state index contributed by atoms with van der Waals surface area (Å²) in [6.07, 6.45) is 2.07. The fraction of sp³-hybridized carbons (Fsp3) is 0.233. The van der Waals surface area contributed by atoms with Crippen LogP contribution in [0.1, 0.15) is 29.5 Å². The molecule has 222 valence electrons. The molecular formula is C30H31F2N2O6PS. The summed E-state index contributed by atoms with van der Waals surface area (Å²) in [5.74, 6) is -0.594. The molecule has 8 nitrogen and oxygen atoms in total. The standard InChI is InChI=1S/C30H31F2N2O6PS/c31-30(32,41(36,37)38)25-18-16-23(17-19-25)21-27(29(35)33-20-7-6-11-22-9-2-1-3-10-22)34-42(39,40)28-15-8-13-24-12-4-5-14-26(24)28/h1-5,8-10,12-19,27,34H,6-7,11,20-21H2,(H,33,35)(H2,36,37,38)/t27-/m0/s1. The van der Waals surface area contributed by atoms with Gasteiger partial charge in [-0.25, -0.2) is 8.42 Å². The van der Waals surface area contributed by atoms with Crippen molar-refractivity contribution < 1.29 is 36.3 Å². The minimum atomic E-state index is -5.76. The number of halogens is 2. The van der Waals surface area contributed by atoms with Gasteiger partial charge in [0.25, 0.3) is 0 Å². The molecule has 0 unspecified atom stereocenters. The first-order valence-corrected chi connectivity index (χ1v) is 16.3. The van der Waals surface area contributed by atoms with Crippen molar-refractivity contribution in [1.29, 1.82) is 0 Å². The first kappa shape index (κ1) is 31.5. The predicted octanol–water partition coefficient (Wildman–Crippen LogP) is 5.10. The van der Waals surface area contributed by atoms with E-state index in [1.54, 1.807) is 36.4 Å². The summed E-state index contributed by atoms with van der Waals surface area (Å²) in [5, 5.41) is 3.93. The van der Waals surface area contributed by atoms with Gasteiger partial charge in [0.1, 0.15) is 6.04 Å². The molecule has 0 spiro atoms. The Morgan fingerprint density at radius 1 is 0.833 bits per heavy atom. The molecular weight excluding hydrogens is 585 g/mol. The summed E-state index contributed by atoms with van der Waals surface area (Å²) < 4.78 is 68.9. The quantitative estimate of drug-likeness (QED) is 0.122. The molecule has 0 saturated heterocycles. The van der Waals surface area contributed by atoms with E-state index >= 15 is 0 Å². The predicted molar refractivity (Wildman–Crippen MR) is 157 cm³/mol. The summed E-state index contributed by atoms with van der Waals surface area (Å²) in [6.45, 7) is 0.297. The molecule has 0 fully saturated rings. The summed E-state index contributed by atoms with van der Waals surface area (Å²) in [5.41, 5.74) is -3.81. The summed E-state index contributed by atoms with van der Waals surface area (Å²) in [6, 6.07) is 24.3. The van der Waals surface area contributed by atoms with Gasteiger partial charge in [-0.05, 0) is 48.3 Å². The van der Waals surface area contributed by atoms with Crippen molar-refractivity contribution in [2.45, 2.75) is 42.3 Å². The van der Waals surface area contributed by atoms with Gasteiger partial charge in [-0.2, -0.15) is 13.5 Å². The second kappa shape index (κ2) is 13.2. The highest BCUT2D eigenvalue weighted by Crippen LogP contribution is 2.59. The Hall–Kier alpha value is -3.47. The van der Waals surface area contributed by atoms with Crippen molar-refractivity contribution in [1.82, 2.24) is 10.0 Å². The molecule has 0 aromatic heterocycles. The average Bonchev–Trinajstić information content (AvgIpc) is 2.96. The summed E-state index contributed by atoms with van der Waals surface area (Å²) >= 11 is 0. The molecule has 0 aliphatic rings. The molecule has 12 heteroatoms. The number of rotatable bonds is 13. The van der Waals surface area contributed by atoms with Gasteiger partial charge in [0.15, 0.2) is 0 Å². The van der Waals surface area contributed by atoms with Crippen LogP contribution < -0.4 is 10.0 Å². The van der Waals surface area contributed by atoms with E-state index in [0.717, 1.165) is 30.5 Å². The molecule has 4 aromatic rings. The number of unbranched alkanes of at least 4 members (excludes halogenated alkanes) is 1. The molecule has 0 aliphatic heterocycles. The SMILES string of the molecule is O=C(NCCCCc1ccccc1)[C@H](Cc1ccc(C(F)(F)P(=O)(O)O)cc1)NS(=O)(=O)c1cccc2ccccc12. The number of aryl methyl sites for hydroxylation is 1. The van der Waals surface area contributed by atoms with Crippen molar-refractivity contribution in [2.24, 2.45) is 0 Å². The molecule has 4 aromatic carbocycles. The topological polar surface area (TPSA) is 133 Å². The number of benzene rings is 4. The van der Waals surface area contributed by atoms with E-state index in [-0.39, 0.29) is 11.3 Å². The largest absolute Gasteiger partial charge is 0.399 e. The van der Waals surface area contributed by atoms with Crippen LogP contribution in [0, 0.1) is 0 Å². The second-order valence-electron chi connectivity index (χ2n) is 9.87. The van der Waals surface area contributed by atoms with Gasteiger partial charge in [0.2, 0.25) is 15.9 Å². The molecule has 0 radical (unpaired) electrons. The number of fused-ring (bicyclic) bond motifs is 1. The lowest BCUT2D eigenvalue weighted by atomic mass is 10.0. The van der Waals surface area contributed by atoms with E-state index in [0.29, 0.717) is 29.3 Å². The van der Waals surface area contributed by atoms with Crippen LogP contribution in [0.2, 0.25) is 0 Å². The van der Waals surface area contributed by atoms with Crippen LogP contribution in [0.15, 0.2) is 102 Å². The van der Waals surface area contributed by atoms with Crippen molar-refractivity contribution in [3.8, 4) is 0 Å². The van der Waals surface area contributed by atoms with Gasteiger partial charge in [-0.15, -0.1) is 0 Å². The lowest BCUT2D eigenvalue weighted by Crippen LogP contribution is -2.48. The van der Waals surface area contributed by atoms with Gasteiger partial charge >= 0.3 is 13.3 Å². The number of hydrogen-bond acceptors (Lipinski definition) is 4. The maximum Gasteiger partial charge on any atom is 0.399 e. The number of nitrogens with one attached hydrogen (secondary N) is 2. The Bertz CT molecular complexity index is 1670. The van der Waals surface area contributed by atoms with Gasteiger partial charge in [-0.1, -0.05) is 91.0 Å². The molecule has 1 atom stereocenters. The van der Waals surface area contributed by atoms with Crippen LogP contribution >= 0.6 is 7.60 Å². The molecule has 0 heterocycles. The number of carbonyl (C=O) groups excluding carboxylic acids is 1. The Balaban J connectivity index is 1.52. The van der Waals surface area contributed by atoms with Gasteiger partial charge < -0.3 is 15.1 Å². The Morgan fingerprint density at radius 3 is 2.17 bits per heavy atom. The van der Waals surface area contributed by atoms with Crippen LogP contribution in [-0.2, 0) is 37.9 Å². The number of hydrogen-bond donors (Lipinski definition) is 4. The second-order valence-corrected chi connectivity index (χ2v) is 13.2. The van der Waals surface area contributed by atoms with E-state index < -0.39 is 40.8 Å². The van der Waals surface area contributed by atoms with E-state index in [9.17, 15) is 26.6 Å². The summed E-state index contributed by atoms with van der Waals surface area (Å²) in [4.78, 5) is 31.3. The fourth-order valence-electron chi connectivity index (χ4n) is 4.55. The zero-order chi connectivity index (χ0) is 30.4. The van der Waals surface area contributed by atoms with Crippen molar-refractivity contribution in [2.75, 3.05) is 6.54 Å². The molecule has 0 bridgehead atoms. The van der Waals surface area contributed by atoms with Crippen molar-refractivity contribution in [3.63, 3.8) is 0 Å². The lowest BCUT2D eigenvalue weighted by Gasteiger charge is -2.21. The molecule has 42 heavy (non-hydrogen) atoms. The third kappa shape index (κ3) is 7.67. The fourth-order valence-corrected chi connectivity index (χ4v) is 6.46. The minimum Gasteiger partial charge on any atom is -0.355 e. The average molecular weight is 617 g/mol. The number of sulfonamides is 1. The Kier molecular flexibility index (Phi) is 9.91. The van der Waals surface area contributed by atoms with Gasteiger partial charge in [0.05, 0.1) is 4.90 Å². The van der Waals surface area contributed by atoms with Crippen LogP contribution in [0.4, 0.5) is 8.78 Å². The van der Waals surface area contributed by atoms with E-state index in [1.807, 2.05) is 30.3 Å². The lowest BCUT2D eigenvalue weighted by molar-refractivity contribution is -0.122. The zero-order valence-corrected chi connectivity index (χ0v) is 24.2. The Labute approximate surface area is 243 Å². The highest BCUT2D eigenvalue weighted by Gasteiger charge is 2.50. The smallest absolute Gasteiger partial charge is 0.355 e. The van der Waals surface area contributed by atoms with Crippen LogP contribution in [-0.4, -0.2) is 36.7 Å². The maximum absolute atomic E-state index is 14.1. The number of carbonyl (C=O) groups is 1.